The van der Waals surface area contributed by atoms with E-state index in [-0.39, 0.29) is 5.91 Å². The van der Waals surface area contributed by atoms with Gasteiger partial charge < -0.3 is 19.1 Å². The molecule has 0 bridgehead atoms. The Morgan fingerprint density at radius 2 is 1.75 bits per heavy atom. The maximum absolute atomic E-state index is 13.3. The lowest BCUT2D eigenvalue weighted by Gasteiger charge is -2.31. The Balaban J connectivity index is 1.40. The molecule has 4 aromatic rings. The molecule has 6 heteroatoms. The number of carbonyl (C=O) groups is 1. The number of hydrogen-bond acceptors (Lipinski definition) is 5. The van der Waals surface area contributed by atoms with Gasteiger partial charge in [-0.2, -0.15) is 0 Å². The van der Waals surface area contributed by atoms with Crippen LogP contribution in [0.1, 0.15) is 15.9 Å². The number of nitrogens with zero attached hydrogens (tertiary/aromatic N) is 3. The van der Waals surface area contributed by atoms with Crippen molar-refractivity contribution in [3.05, 3.63) is 83.9 Å². The average Bonchev–Trinajstić information content (AvgIpc) is 3.28. The fourth-order valence-corrected chi connectivity index (χ4v) is 4.18. The van der Waals surface area contributed by atoms with Crippen molar-refractivity contribution in [3.63, 3.8) is 0 Å². The van der Waals surface area contributed by atoms with Crippen molar-refractivity contribution in [2.45, 2.75) is 6.54 Å². The number of morpholine rings is 1. The molecular weight excluding hydrogens is 402 g/mol. The summed E-state index contributed by atoms with van der Waals surface area (Å²) in [5.74, 6) is 0.638. The lowest BCUT2D eigenvalue weighted by Crippen LogP contribution is -2.37. The van der Waals surface area contributed by atoms with Crippen molar-refractivity contribution in [1.82, 2.24) is 10.1 Å². The Morgan fingerprint density at radius 3 is 2.56 bits per heavy atom. The van der Waals surface area contributed by atoms with Crippen LogP contribution in [-0.2, 0) is 11.3 Å². The van der Waals surface area contributed by atoms with Crippen LogP contribution in [0, 0.1) is 0 Å². The molecule has 3 aromatic carbocycles. The first-order chi connectivity index (χ1) is 15.7. The zero-order chi connectivity index (χ0) is 21.9. The van der Waals surface area contributed by atoms with Crippen molar-refractivity contribution in [2.24, 2.45) is 0 Å². The molecule has 0 atom stereocenters. The van der Waals surface area contributed by atoms with E-state index >= 15 is 0 Å². The van der Waals surface area contributed by atoms with Gasteiger partial charge in [0.1, 0.15) is 5.52 Å². The smallest absolute Gasteiger partial charge is 0.253 e. The molecule has 0 spiro atoms. The van der Waals surface area contributed by atoms with Crippen LogP contribution in [0.2, 0.25) is 0 Å². The van der Waals surface area contributed by atoms with Crippen molar-refractivity contribution in [3.8, 4) is 11.3 Å². The van der Waals surface area contributed by atoms with Crippen LogP contribution in [-0.4, -0.2) is 49.3 Å². The minimum Gasteiger partial charge on any atom is -0.378 e. The van der Waals surface area contributed by atoms with Crippen LogP contribution < -0.4 is 4.90 Å². The van der Waals surface area contributed by atoms with Gasteiger partial charge in [0.25, 0.3) is 5.91 Å². The second-order valence-corrected chi connectivity index (χ2v) is 8.00. The first kappa shape index (κ1) is 20.3. The van der Waals surface area contributed by atoms with Gasteiger partial charge in [-0.3, -0.25) is 4.79 Å². The molecule has 1 aliphatic rings. The highest BCUT2D eigenvalue weighted by molar-refractivity contribution is 6.00. The number of rotatable bonds is 5. The maximum atomic E-state index is 13.3. The lowest BCUT2D eigenvalue weighted by atomic mass is 10.1. The summed E-state index contributed by atoms with van der Waals surface area (Å²) in [6.45, 7) is 3.71. The largest absolute Gasteiger partial charge is 0.378 e. The third kappa shape index (κ3) is 3.97. The van der Waals surface area contributed by atoms with Crippen molar-refractivity contribution < 1.29 is 14.1 Å². The van der Waals surface area contributed by atoms with Gasteiger partial charge in [-0.05, 0) is 29.8 Å². The molecule has 0 aliphatic carbocycles. The van der Waals surface area contributed by atoms with Gasteiger partial charge in [-0.25, -0.2) is 0 Å². The number of hydrogen-bond donors (Lipinski definition) is 0. The van der Waals surface area contributed by atoms with Crippen molar-refractivity contribution >= 4 is 22.5 Å². The first-order valence-corrected chi connectivity index (χ1v) is 10.8. The molecule has 1 saturated heterocycles. The molecule has 0 N–H and O–H groups in total. The van der Waals surface area contributed by atoms with Crippen LogP contribution >= 0.6 is 0 Å². The third-order valence-corrected chi connectivity index (χ3v) is 5.86. The molecule has 1 aromatic heterocycles. The van der Waals surface area contributed by atoms with E-state index in [2.05, 4.69) is 22.2 Å². The third-order valence-electron chi connectivity index (χ3n) is 5.86. The maximum Gasteiger partial charge on any atom is 0.253 e. The molecular formula is C26H25N3O3. The lowest BCUT2D eigenvalue weighted by molar-refractivity contribution is 0.0785. The van der Waals surface area contributed by atoms with Crippen molar-refractivity contribution in [1.29, 1.82) is 0 Å². The second kappa shape index (κ2) is 8.85. The van der Waals surface area contributed by atoms with Gasteiger partial charge >= 0.3 is 0 Å². The molecule has 1 fully saturated rings. The Bertz CT molecular complexity index is 1230. The molecule has 2 heterocycles. The van der Waals surface area contributed by atoms with Crippen LogP contribution in [0.25, 0.3) is 22.2 Å². The zero-order valence-electron chi connectivity index (χ0n) is 18.0. The topological polar surface area (TPSA) is 58.8 Å². The standard InChI is InChI=1S/C26H25N3O3/c1-28(18-21-9-5-6-10-24(21)29-13-15-31-16-14-29)26(30)20-11-12-23-22(17-20)25(32-27-23)19-7-3-2-4-8-19/h2-12,17H,13-16,18H2,1H3. The van der Waals surface area contributed by atoms with E-state index in [1.165, 1.54) is 0 Å². The minimum atomic E-state index is -0.0381. The summed E-state index contributed by atoms with van der Waals surface area (Å²) in [5, 5.41) is 4.99. The van der Waals surface area contributed by atoms with E-state index in [0.717, 1.165) is 54.0 Å². The predicted octanol–water partition coefficient (Wildman–Crippen LogP) is 4.60. The highest BCUT2D eigenvalue weighted by atomic mass is 16.5. The highest BCUT2D eigenvalue weighted by Crippen LogP contribution is 2.30. The van der Waals surface area contributed by atoms with Crippen molar-refractivity contribution in [2.75, 3.05) is 38.3 Å². The van der Waals surface area contributed by atoms with Crippen LogP contribution in [0.15, 0.2) is 77.3 Å². The van der Waals surface area contributed by atoms with E-state index in [1.54, 1.807) is 4.90 Å². The van der Waals surface area contributed by atoms with Gasteiger partial charge in [-0.15, -0.1) is 0 Å². The number of anilines is 1. The van der Waals surface area contributed by atoms with Gasteiger partial charge in [0.15, 0.2) is 5.76 Å². The molecule has 6 nitrogen and oxygen atoms in total. The Kier molecular flexibility index (Phi) is 5.60. The Labute approximate surface area is 187 Å². The van der Waals surface area contributed by atoms with E-state index in [4.69, 9.17) is 9.26 Å². The zero-order valence-corrected chi connectivity index (χ0v) is 18.0. The Morgan fingerprint density at radius 1 is 1.00 bits per heavy atom. The number of amides is 1. The first-order valence-electron chi connectivity index (χ1n) is 10.8. The summed E-state index contributed by atoms with van der Waals surface area (Å²) >= 11 is 0. The quantitative estimate of drug-likeness (QED) is 0.466. The number of ether oxygens (including phenoxy) is 1. The summed E-state index contributed by atoms with van der Waals surface area (Å²) in [5.41, 5.74) is 4.58. The number of benzene rings is 3. The van der Waals surface area contributed by atoms with E-state index in [1.807, 2.05) is 67.7 Å². The molecule has 5 rings (SSSR count). The Hall–Kier alpha value is -3.64. The molecule has 0 saturated carbocycles. The molecule has 1 amide bonds. The summed E-state index contributed by atoms with van der Waals surface area (Å²) in [6.07, 6.45) is 0. The number of aromatic nitrogens is 1. The molecule has 1 aliphatic heterocycles. The van der Waals surface area contributed by atoms with Gasteiger partial charge in [-0.1, -0.05) is 53.7 Å². The second-order valence-electron chi connectivity index (χ2n) is 8.00. The van der Waals surface area contributed by atoms with Gasteiger partial charge in [0.05, 0.1) is 18.6 Å². The van der Waals surface area contributed by atoms with Crippen LogP contribution in [0.4, 0.5) is 5.69 Å². The molecule has 0 unspecified atom stereocenters. The van der Waals surface area contributed by atoms with E-state index < -0.39 is 0 Å². The average molecular weight is 428 g/mol. The van der Waals surface area contributed by atoms with Gasteiger partial charge in [0.2, 0.25) is 0 Å². The number of carbonyl (C=O) groups excluding carboxylic acids is 1. The normalized spacial score (nSPS) is 14.0. The summed E-state index contributed by atoms with van der Waals surface area (Å²) in [4.78, 5) is 17.4. The summed E-state index contributed by atoms with van der Waals surface area (Å²) < 4.78 is 11.1. The summed E-state index contributed by atoms with van der Waals surface area (Å²) in [7, 11) is 1.84. The van der Waals surface area contributed by atoms with Crippen LogP contribution in [0.5, 0.6) is 0 Å². The number of fused-ring (bicyclic) bond motifs is 1. The van der Waals surface area contributed by atoms with Gasteiger partial charge in [0, 0.05) is 43.5 Å². The van der Waals surface area contributed by atoms with E-state index in [9.17, 15) is 4.79 Å². The SMILES string of the molecule is CN(Cc1ccccc1N1CCOCC1)C(=O)c1ccc2noc(-c3ccccc3)c2c1. The van der Waals surface area contributed by atoms with Crippen LogP contribution in [0.3, 0.4) is 0 Å². The fraction of sp³-hybridized carbons (Fsp3) is 0.231. The molecule has 32 heavy (non-hydrogen) atoms. The highest BCUT2D eigenvalue weighted by Gasteiger charge is 2.19. The number of para-hydroxylation sites is 1. The molecule has 162 valence electrons. The summed E-state index contributed by atoms with van der Waals surface area (Å²) in [6, 6.07) is 23.6. The predicted molar refractivity (Wildman–Crippen MR) is 125 cm³/mol. The monoisotopic (exact) mass is 427 g/mol. The molecule has 0 radical (unpaired) electrons. The van der Waals surface area contributed by atoms with E-state index in [0.29, 0.717) is 17.9 Å². The minimum absolute atomic E-state index is 0.0381. The fourth-order valence-electron chi connectivity index (χ4n) is 4.18.